The van der Waals surface area contributed by atoms with Crippen LogP contribution in [0.5, 0.6) is 5.75 Å². The predicted molar refractivity (Wildman–Crippen MR) is 158 cm³/mol. The Kier molecular flexibility index (Phi) is 8.69. The van der Waals surface area contributed by atoms with Gasteiger partial charge in [0.25, 0.3) is 11.8 Å². The van der Waals surface area contributed by atoms with Crippen molar-refractivity contribution in [3.63, 3.8) is 0 Å². The normalized spacial score (nSPS) is 23.7. The molecule has 9 heteroatoms. The van der Waals surface area contributed by atoms with E-state index in [-0.39, 0.29) is 29.8 Å². The highest BCUT2D eigenvalue weighted by Gasteiger charge is 2.56. The van der Waals surface area contributed by atoms with E-state index in [4.69, 9.17) is 18.9 Å². The minimum Gasteiger partial charge on any atom is -0.462 e. The first-order chi connectivity index (χ1) is 20.5. The zero-order chi connectivity index (χ0) is 30.9. The van der Waals surface area contributed by atoms with Crippen molar-refractivity contribution < 1.29 is 38.4 Å². The molecule has 5 atom stereocenters. The number of nitrogens with zero attached hydrogens (tertiary/aromatic N) is 1. The first-order valence-electron chi connectivity index (χ1n) is 14.3. The van der Waals surface area contributed by atoms with Crippen LogP contribution in [0.25, 0.3) is 0 Å². The molecule has 0 radical (unpaired) electrons. The number of fused-ring (bicyclic) bond motifs is 1. The van der Waals surface area contributed by atoms with Crippen molar-refractivity contribution in [1.29, 1.82) is 0 Å². The van der Waals surface area contributed by atoms with Crippen LogP contribution in [-0.2, 0) is 31.0 Å². The quantitative estimate of drug-likeness (QED) is 0.301. The number of esters is 1. The fourth-order valence-corrected chi connectivity index (χ4v) is 5.40. The van der Waals surface area contributed by atoms with Crippen molar-refractivity contribution in [2.75, 3.05) is 6.61 Å². The molecule has 0 aliphatic carbocycles. The summed E-state index contributed by atoms with van der Waals surface area (Å²) in [5.41, 5.74) is 2.95. The van der Waals surface area contributed by atoms with Crippen molar-refractivity contribution in [1.82, 2.24) is 4.90 Å². The first-order valence-corrected chi connectivity index (χ1v) is 14.3. The summed E-state index contributed by atoms with van der Waals surface area (Å²) in [5, 5.41) is 11.5. The lowest BCUT2D eigenvalue weighted by molar-refractivity contribution is -0.262. The lowest BCUT2D eigenvalue weighted by Crippen LogP contribution is -2.67. The van der Waals surface area contributed by atoms with Crippen molar-refractivity contribution in [3.8, 4) is 5.75 Å². The number of hydrogen-bond acceptors (Lipinski definition) is 8. The van der Waals surface area contributed by atoms with Crippen molar-refractivity contribution in [2.24, 2.45) is 0 Å². The number of aryl methyl sites for hydroxylation is 1. The Morgan fingerprint density at radius 3 is 2.19 bits per heavy atom. The van der Waals surface area contributed by atoms with Crippen LogP contribution in [0, 0.1) is 6.92 Å². The highest BCUT2D eigenvalue weighted by atomic mass is 16.7. The summed E-state index contributed by atoms with van der Waals surface area (Å²) in [6.07, 6.45) is -5.09. The third-order valence-corrected chi connectivity index (χ3v) is 7.76. The lowest BCUT2D eigenvalue weighted by atomic mass is 9.86. The number of imide groups is 1. The summed E-state index contributed by atoms with van der Waals surface area (Å²) in [7, 11) is 0. The van der Waals surface area contributed by atoms with Crippen LogP contribution in [0.4, 0.5) is 0 Å². The number of carbonyl (C=O) groups excluding carboxylic acids is 3. The van der Waals surface area contributed by atoms with Crippen LogP contribution in [0.15, 0.2) is 72.8 Å². The van der Waals surface area contributed by atoms with Gasteiger partial charge in [-0.05, 0) is 47.2 Å². The molecule has 0 aromatic heterocycles. The topological polar surface area (TPSA) is 112 Å². The number of benzene rings is 3. The molecule has 2 heterocycles. The van der Waals surface area contributed by atoms with E-state index in [9.17, 15) is 19.5 Å². The largest absolute Gasteiger partial charge is 0.462 e. The van der Waals surface area contributed by atoms with Crippen LogP contribution < -0.4 is 4.74 Å². The maximum Gasteiger partial charge on any atom is 0.303 e. The molecule has 3 aromatic carbocycles. The van der Waals surface area contributed by atoms with Gasteiger partial charge in [0.2, 0.25) is 6.29 Å². The second kappa shape index (κ2) is 12.3. The summed E-state index contributed by atoms with van der Waals surface area (Å²) in [6.45, 7) is 9.50. The van der Waals surface area contributed by atoms with Gasteiger partial charge in [-0.3, -0.25) is 19.3 Å². The van der Waals surface area contributed by atoms with Gasteiger partial charge >= 0.3 is 5.97 Å². The van der Waals surface area contributed by atoms with E-state index in [0.717, 1.165) is 21.6 Å². The molecule has 43 heavy (non-hydrogen) atoms. The van der Waals surface area contributed by atoms with Gasteiger partial charge in [-0.1, -0.05) is 75.4 Å². The van der Waals surface area contributed by atoms with E-state index >= 15 is 0 Å². The lowest BCUT2D eigenvalue weighted by Gasteiger charge is -2.46. The first kappa shape index (κ1) is 30.4. The molecule has 9 nitrogen and oxygen atoms in total. The second-order valence-electron chi connectivity index (χ2n) is 12.0. The van der Waals surface area contributed by atoms with Crippen LogP contribution in [-0.4, -0.2) is 65.0 Å². The van der Waals surface area contributed by atoms with Crippen LogP contribution in [0.2, 0.25) is 0 Å². The molecule has 0 unspecified atom stereocenters. The van der Waals surface area contributed by atoms with E-state index in [1.54, 1.807) is 24.3 Å². The molecule has 1 fully saturated rings. The van der Waals surface area contributed by atoms with Crippen molar-refractivity contribution in [2.45, 2.75) is 77.3 Å². The summed E-state index contributed by atoms with van der Waals surface area (Å²) in [4.78, 5) is 40.6. The molecular weight excluding hydrogens is 550 g/mol. The smallest absolute Gasteiger partial charge is 0.303 e. The van der Waals surface area contributed by atoms with Crippen LogP contribution in [0.3, 0.4) is 0 Å². The number of carbonyl (C=O) groups is 3. The molecule has 2 amide bonds. The number of aliphatic hydroxyl groups excluding tert-OH is 1. The van der Waals surface area contributed by atoms with Gasteiger partial charge in [0.15, 0.2) is 6.10 Å². The van der Waals surface area contributed by atoms with E-state index in [2.05, 4.69) is 20.8 Å². The number of aliphatic hydroxyl groups is 1. The maximum absolute atomic E-state index is 13.7. The minimum atomic E-state index is -1.43. The van der Waals surface area contributed by atoms with Gasteiger partial charge in [0.05, 0.1) is 24.3 Å². The Labute approximate surface area is 251 Å². The molecule has 226 valence electrons. The van der Waals surface area contributed by atoms with Crippen LogP contribution in [0.1, 0.15) is 65.1 Å². The van der Waals surface area contributed by atoms with Gasteiger partial charge in [-0.2, -0.15) is 0 Å². The molecule has 1 saturated heterocycles. The average Bonchev–Trinajstić information content (AvgIpc) is 3.21. The van der Waals surface area contributed by atoms with Gasteiger partial charge in [-0.15, -0.1) is 0 Å². The number of hydrogen-bond donors (Lipinski definition) is 1. The maximum atomic E-state index is 13.7. The molecule has 1 N–H and O–H groups in total. The van der Waals surface area contributed by atoms with Crippen LogP contribution >= 0.6 is 0 Å². The van der Waals surface area contributed by atoms with Crippen molar-refractivity contribution >= 4 is 17.8 Å². The number of ether oxygens (including phenoxy) is 4. The van der Waals surface area contributed by atoms with E-state index in [1.807, 2.05) is 55.5 Å². The fourth-order valence-electron chi connectivity index (χ4n) is 5.40. The summed E-state index contributed by atoms with van der Waals surface area (Å²) in [6, 6.07) is 20.5. The second-order valence-corrected chi connectivity index (χ2v) is 12.0. The van der Waals surface area contributed by atoms with Gasteiger partial charge in [0.1, 0.15) is 24.0 Å². The number of amides is 2. The Hall–Kier alpha value is -4.05. The summed E-state index contributed by atoms with van der Waals surface area (Å²) >= 11 is 0. The average molecular weight is 588 g/mol. The molecule has 3 aromatic rings. The molecule has 5 rings (SSSR count). The molecule has 2 aliphatic rings. The zero-order valence-electron chi connectivity index (χ0n) is 25.0. The third kappa shape index (κ3) is 6.34. The Bertz CT molecular complexity index is 1460. The highest BCUT2D eigenvalue weighted by Crippen LogP contribution is 2.36. The Morgan fingerprint density at radius 2 is 1.58 bits per heavy atom. The SMILES string of the molecule is CC(=O)O[C@H]1[C@H](O)[C@@H](COCc2ccccc2)O[C@@H](Oc2cc(C(C)(C)C)ccc2C)[C@@H]1N1C(=O)c2ccccc2C1=O. The van der Waals surface area contributed by atoms with E-state index in [1.165, 1.54) is 6.92 Å². The fraction of sp³-hybridized carbons (Fsp3) is 0.382. The molecule has 0 spiro atoms. The zero-order valence-corrected chi connectivity index (χ0v) is 25.0. The van der Waals surface area contributed by atoms with Gasteiger partial charge in [0, 0.05) is 6.92 Å². The molecule has 0 bridgehead atoms. The molecular formula is C34H37NO8. The van der Waals surface area contributed by atoms with Crippen molar-refractivity contribution in [3.05, 3.63) is 101 Å². The van der Waals surface area contributed by atoms with Gasteiger partial charge < -0.3 is 24.1 Å². The summed E-state index contributed by atoms with van der Waals surface area (Å²) < 4.78 is 24.3. The van der Waals surface area contributed by atoms with E-state index < -0.39 is 48.4 Å². The predicted octanol–water partition coefficient (Wildman–Crippen LogP) is 4.57. The third-order valence-electron chi connectivity index (χ3n) is 7.76. The Morgan fingerprint density at radius 1 is 0.953 bits per heavy atom. The molecule has 0 saturated carbocycles. The standard InChI is InChI=1S/C34H37NO8/c1-20-15-16-23(34(3,4)5)17-26(20)42-33-28(35-31(38)24-13-9-10-14-25(24)32(35)39)30(41-21(2)36)29(37)27(43-33)19-40-18-22-11-7-6-8-12-22/h6-17,27-30,33,37H,18-19H2,1-5H3/t27-,28-,29-,30-,33-/m1/s1. The van der Waals surface area contributed by atoms with Gasteiger partial charge in [-0.25, -0.2) is 0 Å². The minimum absolute atomic E-state index is 0.0659. The Balaban J connectivity index is 1.52. The monoisotopic (exact) mass is 587 g/mol. The molecule has 2 aliphatic heterocycles. The highest BCUT2D eigenvalue weighted by molar-refractivity contribution is 6.21. The number of rotatable bonds is 8. The van der Waals surface area contributed by atoms with E-state index in [0.29, 0.717) is 5.75 Å². The summed E-state index contributed by atoms with van der Waals surface area (Å²) in [5.74, 6) is -1.40.